The molecule has 1 aromatic rings. The first-order valence-electron chi connectivity index (χ1n) is 11.2. The number of rotatable bonds is 7. The van der Waals surface area contributed by atoms with Crippen LogP contribution in [0.2, 0.25) is 0 Å². The number of nitrogens with one attached hydrogen (secondary N) is 1. The molecule has 0 bridgehead atoms. The minimum atomic E-state index is -3.67. The van der Waals surface area contributed by atoms with Crippen LogP contribution < -0.4 is 5.32 Å². The zero-order valence-corrected chi connectivity index (χ0v) is 18.8. The molecule has 2 aliphatic heterocycles. The number of ether oxygens (including phenoxy) is 1. The minimum absolute atomic E-state index is 0.130. The van der Waals surface area contributed by atoms with Gasteiger partial charge >= 0.3 is 5.97 Å². The van der Waals surface area contributed by atoms with Gasteiger partial charge in [-0.05, 0) is 69.1 Å². The summed E-state index contributed by atoms with van der Waals surface area (Å²) in [5, 5.41) is 3.31. The van der Waals surface area contributed by atoms with Crippen LogP contribution in [0.15, 0.2) is 23.1 Å². The van der Waals surface area contributed by atoms with E-state index in [1.54, 1.807) is 12.1 Å². The highest BCUT2D eigenvalue weighted by Gasteiger charge is 2.35. The summed E-state index contributed by atoms with van der Waals surface area (Å²) in [6, 6.07) is 4.16. The number of carbonyl (C=O) groups excluding carboxylic acids is 2. The van der Waals surface area contributed by atoms with Gasteiger partial charge in [0.1, 0.15) is 6.04 Å². The van der Waals surface area contributed by atoms with Gasteiger partial charge in [-0.3, -0.25) is 4.79 Å². The SMILES string of the molecule is COC(=O)[C@H]1CCCCN1C(=O)c1cc(NCC2CC2)cc(S(=O)(=O)N2CCCC2)c1. The third-order valence-corrected chi connectivity index (χ3v) is 8.26. The van der Waals surface area contributed by atoms with Gasteiger partial charge in [-0.25, -0.2) is 13.2 Å². The van der Waals surface area contributed by atoms with Gasteiger partial charge in [0, 0.05) is 37.4 Å². The van der Waals surface area contributed by atoms with Crippen LogP contribution in [0, 0.1) is 5.92 Å². The van der Waals surface area contributed by atoms with Gasteiger partial charge in [-0.1, -0.05) is 0 Å². The number of sulfonamides is 1. The van der Waals surface area contributed by atoms with Crippen LogP contribution in [-0.2, 0) is 19.6 Å². The number of nitrogens with zero attached hydrogens (tertiary/aromatic N) is 2. The monoisotopic (exact) mass is 449 g/mol. The standard InChI is InChI=1S/C22H31N3O5S/c1-30-22(27)20-6-2-3-11-25(20)21(26)17-12-18(23-15-16-7-8-16)14-19(13-17)31(28,29)24-9-4-5-10-24/h12-14,16,20,23H,2-11,15H2,1H3/t20-/m1/s1. The molecule has 3 fully saturated rings. The maximum Gasteiger partial charge on any atom is 0.328 e. The second-order valence-corrected chi connectivity index (χ2v) is 10.7. The number of esters is 1. The molecule has 2 saturated heterocycles. The Hall–Kier alpha value is -2.13. The molecule has 2 heterocycles. The van der Waals surface area contributed by atoms with Crippen molar-refractivity contribution in [3.63, 3.8) is 0 Å². The number of anilines is 1. The van der Waals surface area contributed by atoms with Gasteiger partial charge in [0.2, 0.25) is 10.0 Å². The Morgan fingerprint density at radius 1 is 1.03 bits per heavy atom. The molecule has 170 valence electrons. The normalized spacial score (nSPS) is 22.4. The molecule has 0 unspecified atom stereocenters. The molecule has 0 spiro atoms. The van der Waals surface area contributed by atoms with E-state index in [1.165, 1.54) is 35.2 Å². The van der Waals surface area contributed by atoms with Crippen LogP contribution in [0.25, 0.3) is 0 Å². The van der Waals surface area contributed by atoms with Crippen LogP contribution in [0.3, 0.4) is 0 Å². The van der Waals surface area contributed by atoms with Crippen molar-refractivity contribution < 1.29 is 22.7 Å². The van der Waals surface area contributed by atoms with Gasteiger partial charge in [0.25, 0.3) is 5.91 Å². The van der Waals surface area contributed by atoms with E-state index in [4.69, 9.17) is 4.74 Å². The lowest BCUT2D eigenvalue weighted by atomic mass is 10.0. The van der Waals surface area contributed by atoms with Crippen LogP contribution in [0.4, 0.5) is 5.69 Å². The van der Waals surface area contributed by atoms with Crippen molar-refractivity contribution in [3.05, 3.63) is 23.8 Å². The van der Waals surface area contributed by atoms with Crippen LogP contribution in [0.5, 0.6) is 0 Å². The summed E-state index contributed by atoms with van der Waals surface area (Å²) >= 11 is 0. The van der Waals surface area contributed by atoms with Gasteiger partial charge in [-0.2, -0.15) is 4.31 Å². The first-order valence-corrected chi connectivity index (χ1v) is 12.6. The number of amides is 1. The molecule has 4 rings (SSSR count). The van der Waals surface area contributed by atoms with E-state index < -0.39 is 22.0 Å². The zero-order valence-electron chi connectivity index (χ0n) is 18.0. The van der Waals surface area contributed by atoms with E-state index in [9.17, 15) is 18.0 Å². The van der Waals surface area contributed by atoms with Gasteiger partial charge in [0.15, 0.2) is 0 Å². The van der Waals surface area contributed by atoms with E-state index in [2.05, 4.69) is 5.32 Å². The fourth-order valence-corrected chi connectivity index (χ4v) is 5.95. The Morgan fingerprint density at radius 3 is 2.42 bits per heavy atom. The maximum atomic E-state index is 13.4. The molecular weight excluding hydrogens is 418 g/mol. The van der Waals surface area contributed by atoms with E-state index >= 15 is 0 Å². The van der Waals surface area contributed by atoms with E-state index in [-0.39, 0.29) is 16.4 Å². The number of hydrogen-bond donors (Lipinski definition) is 1. The van der Waals surface area contributed by atoms with Crippen LogP contribution in [0.1, 0.15) is 55.3 Å². The number of piperidine rings is 1. The van der Waals surface area contributed by atoms with Crippen molar-refractivity contribution in [1.82, 2.24) is 9.21 Å². The van der Waals surface area contributed by atoms with Crippen molar-refractivity contribution >= 4 is 27.6 Å². The maximum absolute atomic E-state index is 13.4. The molecule has 9 heteroatoms. The average molecular weight is 450 g/mol. The van der Waals surface area contributed by atoms with Crippen molar-refractivity contribution in [2.75, 3.05) is 38.6 Å². The lowest BCUT2D eigenvalue weighted by Gasteiger charge is -2.34. The van der Waals surface area contributed by atoms with E-state index in [0.717, 1.165) is 32.2 Å². The Labute approximate surface area is 184 Å². The number of likely N-dealkylation sites (tertiary alicyclic amines) is 1. The number of carbonyl (C=O) groups is 2. The molecule has 1 saturated carbocycles. The fourth-order valence-electron chi connectivity index (χ4n) is 4.36. The van der Waals surface area contributed by atoms with Gasteiger partial charge in [-0.15, -0.1) is 0 Å². The molecule has 1 aromatic carbocycles. The summed E-state index contributed by atoms with van der Waals surface area (Å²) in [5.41, 5.74) is 0.913. The quantitative estimate of drug-likeness (QED) is 0.643. The summed E-state index contributed by atoms with van der Waals surface area (Å²) < 4.78 is 32.8. The highest BCUT2D eigenvalue weighted by atomic mass is 32.2. The number of hydrogen-bond acceptors (Lipinski definition) is 6. The zero-order chi connectivity index (χ0) is 22.0. The lowest BCUT2D eigenvalue weighted by Crippen LogP contribution is -2.48. The average Bonchev–Trinajstić information content (AvgIpc) is 3.45. The molecule has 31 heavy (non-hydrogen) atoms. The molecule has 0 aromatic heterocycles. The highest BCUT2D eigenvalue weighted by molar-refractivity contribution is 7.89. The molecule has 1 N–H and O–H groups in total. The minimum Gasteiger partial charge on any atom is -0.467 e. The number of benzene rings is 1. The Kier molecular flexibility index (Phi) is 6.52. The number of methoxy groups -OCH3 is 1. The van der Waals surface area contributed by atoms with Crippen molar-refractivity contribution in [2.45, 2.75) is 55.9 Å². The van der Waals surface area contributed by atoms with Crippen LogP contribution in [-0.4, -0.2) is 68.8 Å². The second-order valence-electron chi connectivity index (χ2n) is 8.71. The fraction of sp³-hybridized carbons (Fsp3) is 0.636. The van der Waals surface area contributed by atoms with Crippen LogP contribution >= 0.6 is 0 Å². The van der Waals surface area contributed by atoms with E-state index in [1.807, 2.05) is 0 Å². The van der Waals surface area contributed by atoms with Gasteiger partial charge < -0.3 is 15.0 Å². The van der Waals surface area contributed by atoms with Crippen molar-refractivity contribution in [1.29, 1.82) is 0 Å². The van der Waals surface area contributed by atoms with Crippen molar-refractivity contribution in [3.8, 4) is 0 Å². The van der Waals surface area contributed by atoms with Crippen molar-refractivity contribution in [2.24, 2.45) is 5.92 Å². The molecule has 1 atom stereocenters. The lowest BCUT2D eigenvalue weighted by molar-refractivity contribution is -0.147. The first kappa shape index (κ1) is 22.1. The predicted octanol–water partition coefficient (Wildman–Crippen LogP) is 2.46. The predicted molar refractivity (Wildman–Crippen MR) is 116 cm³/mol. The third-order valence-electron chi connectivity index (χ3n) is 6.38. The Balaban J connectivity index is 1.67. The largest absolute Gasteiger partial charge is 0.467 e. The summed E-state index contributed by atoms with van der Waals surface area (Å²) in [6.07, 6.45) is 6.23. The summed E-state index contributed by atoms with van der Waals surface area (Å²) in [5.74, 6) is -0.159. The second kappa shape index (κ2) is 9.16. The molecule has 3 aliphatic rings. The molecule has 8 nitrogen and oxygen atoms in total. The van der Waals surface area contributed by atoms with E-state index in [0.29, 0.717) is 37.7 Å². The molecule has 1 aliphatic carbocycles. The highest BCUT2D eigenvalue weighted by Crippen LogP contribution is 2.31. The van der Waals surface area contributed by atoms with Gasteiger partial charge in [0.05, 0.1) is 12.0 Å². The summed E-state index contributed by atoms with van der Waals surface area (Å²) in [7, 11) is -2.35. The molecule has 1 amide bonds. The molecular formula is C22H31N3O5S. The first-order chi connectivity index (χ1) is 14.9. The summed E-state index contributed by atoms with van der Waals surface area (Å²) in [4.78, 5) is 27.3. The Morgan fingerprint density at radius 2 is 1.74 bits per heavy atom. The third kappa shape index (κ3) is 4.87. The molecule has 0 radical (unpaired) electrons. The Bertz CT molecular complexity index is 938. The topological polar surface area (TPSA) is 96.0 Å². The summed E-state index contributed by atoms with van der Waals surface area (Å²) in [6.45, 7) is 2.21. The smallest absolute Gasteiger partial charge is 0.328 e.